The van der Waals surface area contributed by atoms with Crippen LogP contribution in [0.5, 0.6) is 0 Å². The van der Waals surface area contributed by atoms with Gasteiger partial charge in [0.25, 0.3) is 0 Å². The van der Waals surface area contributed by atoms with Gasteiger partial charge in [-0.2, -0.15) is 0 Å². The highest BCUT2D eigenvalue weighted by Gasteiger charge is 2.10. The second-order valence-electron chi connectivity index (χ2n) is 3.84. The lowest BCUT2D eigenvalue weighted by Crippen LogP contribution is -2.04. The Morgan fingerprint density at radius 2 is 1.83 bits per heavy atom. The summed E-state index contributed by atoms with van der Waals surface area (Å²) in [5.74, 6) is -0.479. The Morgan fingerprint density at radius 1 is 1.17 bits per heavy atom. The number of ketones is 1. The van der Waals surface area contributed by atoms with Crippen molar-refractivity contribution in [2.75, 3.05) is 0 Å². The van der Waals surface area contributed by atoms with Crippen LogP contribution in [0.4, 0.5) is 4.39 Å². The largest absolute Gasteiger partial charge is 0.294 e. The molecule has 0 aromatic heterocycles. The normalized spacial score (nSPS) is 10.4. The first-order chi connectivity index (χ1) is 8.56. The molecule has 0 saturated heterocycles. The fourth-order valence-corrected chi connectivity index (χ4v) is 2.04. The minimum absolute atomic E-state index is 0.0880. The molecule has 0 aliphatic carbocycles. The number of hydrogen-bond acceptors (Lipinski definition) is 1. The van der Waals surface area contributed by atoms with Crippen LogP contribution in [-0.4, -0.2) is 5.78 Å². The predicted octanol–water partition coefficient (Wildman–Crippen LogP) is 4.67. The third-order valence-electron chi connectivity index (χ3n) is 2.52. The molecule has 2 aromatic rings. The van der Waals surface area contributed by atoms with Gasteiger partial charge >= 0.3 is 0 Å². The molecule has 4 heteroatoms. The van der Waals surface area contributed by atoms with E-state index in [0.29, 0.717) is 16.1 Å². The average molecular weight is 328 g/mol. The summed E-state index contributed by atoms with van der Waals surface area (Å²) in [5.41, 5.74) is 1.09. The van der Waals surface area contributed by atoms with Crippen LogP contribution < -0.4 is 0 Å². The van der Waals surface area contributed by atoms with Crippen LogP contribution in [0.3, 0.4) is 0 Å². The minimum Gasteiger partial charge on any atom is -0.294 e. The van der Waals surface area contributed by atoms with E-state index in [0.717, 1.165) is 4.47 Å². The Labute approximate surface area is 118 Å². The zero-order chi connectivity index (χ0) is 13.1. The second-order valence-corrected chi connectivity index (χ2v) is 5.17. The molecule has 0 bridgehead atoms. The minimum atomic E-state index is -0.391. The third-order valence-corrected chi connectivity index (χ3v) is 3.42. The molecule has 18 heavy (non-hydrogen) atoms. The molecular formula is C14H9BrClFO. The molecular weight excluding hydrogens is 319 g/mol. The molecule has 0 atom stereocenters. The molecule has 0 unspecified atom stereocenters. The number of carbonyl (C=O) groups excluding carboxylic acids is 1. The SMILES string of the molecule is O=C(Cc1cc(F)ccc1Cl)c1ccc(Br)cc1. The standard InChI is InChI=1S/C14H9BrClFO/c15-11-3-1-9(2-4-11)14(18)8-10-7-12(17)5-6-13(10)16/h1-7H,8H2. The number of Topliss-reactive ketones (excluding diaryl/α,β-unsaturated/α-hetero) is 1. The van der Waals surface area contributed by atoms with Gasteiger partial charge < -0.3 is 0 Å². The summed E-state index contributed by atoms with van der Waals surface area (Å²) < 4.78 is 14.0. The van der Waals surface area contributed by atoms with Crippen molar-refractivity contribution in [3.63, 3.8) is 0 Å². The van der Waals surface area contributed by atoms with Crippen molar-refractivity contribution < 1.29 is 9.18 Å². The van der Waals surface area contributed by atoms with Crippen molar-refractivity contribution in [2.24, 2.45) is 0 Å². The van der Waals surface area contributed by atoms with E-state index in [1.54, 1.807) is 24.3 Å². The van der Waals surface area contributed by atoms with Gasteiger partial charge in [0.1, 0.15) is 5.82 Å². The lowest BCUT2D eigenvalue weighted by molar-refractivity contribution is 0.0993. The molecule has 1 nitrogen and oxygen atoms in total. The van der Waals surface area contributed by atoms with Gasteiger partial charge in [-0.25, -0.2) is 4.39 Å². The van der Waals surface area contributed by atoms with E-state index in [2.05, 4.69) is 15.9 Å². The van der Waals surface area contributed by atoms with Gasteiger partial charge in [0.05, 0.1) is 0 Å². The molecule has 0 saturated carbocycles. The number of halogens is 3. The molecule has 92 valence electrons. The van der Waals surface area contributed by atoms with Crippen LogP contribution in [0.15, 0.2) is 46.9 Å². The van der Waals surface area contributed by atoms with Gasteiger partial charge in [-0.15, -0.1) is 0 Å². The predicted molar refractivity (Wildman–Crippen MR) is 73.6 cm³/mol. The summed E-state index contributed by atoms with van der Waals surface area (Å²) in [6, 6.07) is 11.1. The topological polar surface area (TPSA) is 17.1 Å². The van der Waals surface area contributed by atoms with E-state index in [1.807, 2.05) is 0 Å². The Bertz CT molecular complexity index is 581. The van der Waals surface area contributed by atoms with E-state index in [-0.39, 0.29) is 12.2 Å². The third kappa shape index (κ3) is 3.18. The summed E-state index contributed by atoms with van der Waals surface area (Å²) >= 11 is 9.23. The zero-order valence-electron chi connectivity index (χ0n) is 9.29. The van der Waals surface area contributed by atoms with E-state index in [4.69, 9.17) is 11.6 Å². The van der Waals surface area contributed by atoms with E-state index >= 15 is 0 Å². The van der Waals surface area contributed by atoms with Crippen LogP contribution in [0.25, 0.3) is 0 Å². The fraction of sp³-hybridized carbons (Fsp3) is 0.0714. The molecule has 0 N–H and O–H groups in total. The van der Waals surface area contributed by atoms with Gasteiger partial charge in [-0.05, 0) is 35.9 Å². The van der Waals surface area contributed by atoms with Crippen LogP contribution in [0.1, 0.15) is 15.9 Å². The quantitative estimate of drug-likeness (QED) is 0.749. The molecule has 2 rings (SSSR count). The first-order valence-electron chi connectivity index (χ1n) is 5.29. The highest BCUT2D eigenvalue weighted by molar-refractivity contribution is 9.10. The van der Waals surface area contributed by atoms with Gasteiger partial charge in [-0.3, -0.25) is 4.79 Å². The van der Waals surface area contributed by atoms with Crippen molar-refractivity contribution in [3.05, 3.63) is 68.9 Å². The zero-order valence-corrected chi connectivity index (χ0v) is 11.6. The van der Waals surface area contributed by atoms with E-state index < -0.39 is 5.82 Å². The molecule has 0 heterocycles. The summed E-state index contributed by atoms with van der Waals surface area (Å²) in [4.78, 5) is 12.0. The number of benzene rings is 2. The highest BCUT2D eigenvalue weighted by Crippen LogP contribution is 2.20. The molecule has 0 aliphatic rings. The van der Waals surface area contributed by atoms with Gasteiger partial charge in [0.15, 0.2) is 5.78 Å². The number of carbonyl (C=O) groups is 1. The van der Waals surface area contributed by atoms with E-state index in [9.17, 15) is 9.18 Å². The van der Waals surface area contributed by atoms with Crippen molar-refractivity contribution in [3.8, 4) is 0 Å². The van der Waals surface area contributed by atoms with Crippen LogP contribution >= 0.6 is 27.5 Å². The van der Waals surface area contributed by atoms with Crippen molar-refractivity contribution in [1.82, 2.24) is 0 Å². The molecule has 0 fully saturated rings. The molecule has 2 aromatic carbocycles. The van der Waals surface area contributed by atoms with Crippen molar-refractivity contribution in [2.45, 2.75) is 6.42 Å². The Balaban J connectivity index is 2.21. The van der Waals surface area contributed by atoms with Gasteiger partial charge in [-0.1, -0.05) is 39.7 Å². The van der Waals surface area contributed by atoms with Crippen LogP contribution in [-0.2, 0) is 6.42 Å². The summed E-state index contributed by atoms with van der Waals surface area (Å²) in [7, 11) is 0. The van der Waals surface area contributed by atoms with E-state index in [1.165, 1.54) is 18.2 Å². The molecule has 0 spiro atoms. The maximum absolute atomic E-state index is 13.1. The second kappa shape index (κ2) is 5.63. The lowest BCUT2D eigenvalue weighted by Gasteiger charge is -2.04. The number of rotatable bonds is 3. The summed E-state index contributed by atoms with van der Waals surface area (Å²) in [5, 5.41) is 0.405. The maximum atomic E-state index is 13.1. The summed E-state index contributed by atoms with van der Waals surface area (Å²) in [6.07, 6.45) is 0.0955. The van der Waals surface area contributed by atoms with Crippen LogP contribution in [0.2, 0.25) is 5.02 Å². The molecule has 0 amide bonds. The highest BCUT2D eigenvalue weighted by atomic mass is 79.9. The lowest BCUT2D eigenvalue weighted by atomic mass is 10.0. The van der Waals surface area contributed by atoms with Crippen LogP contribution in [0, 0.1) is 5.82 Å². The molecule has 0 radical (unpaired) electrons. The Kier molecular flexibility index (Phi) is 4.15. The molecule has 0 aliphatic heterocycles. The first-order valence-corrected chi connectivity index (χ1v) is 6.46. The maximum Gasteiger partial charge on any atom is 0.167 e. The average Bonchev–Trinajstić information content (AvgIpc) is 2.34. The fourth-order valence-electron chi connectivity index (χ4n) is 1.59. The van der Waals surface area contributed by atoms with Gasteiger partial charge in [0, 0.05) is 21.5 Å². The van der Waals surface area contributed by atoms with Crippen molar-refractivity contribution >= 4 is 33.3 Å². The Hall–Kier alpha value is -1.19. The number of hydrogen-bond donors (Lipinski definition) is 0. The smallest absolute Gasteiger partial charge is 0.167 e. The van der Waals surface area contributed by atoms with Crippen molar-refractivity contribution in [1.29, 1.82) is 0 Å². The van der Waals surface area contributed by atoms with Gasteiger partial charge in [0.2, 0.25) is 0 Å². The summed E-state index contributed by atoms with van der Waals surface area (Å²) in [6.45, 7) is 0. The monoisotopic (exact) mass is 326 g/mol. The first kappa shape index (κ1) is 13.2. The Morgan fingerprint density at radius 3 is 2.50 bits per heavy atom.